The van der Waals surface area contributed by atoms with E-state index in [9.17, 15) is 9.59 Å². The zero-order valence-corrected chi connectivity index (χ0v) is 14.2. The van der Waals surface area contributed by atoms with Gasteiger partial charge in [-0.15, -0.1) is 0 Å². The Balaban J connectivity index is 1.63. The van der Waals surface area contributed by atoms with Gasteiger partial charge in [-0.25, -0.2) is 4.79 Å². The normalized spacial score (nSPS) is 20.5. The smallest absolute Gasteiger partial charge is 0.329 e. The largest absolute Gasteiger partial charge is 0.480 e. The average Bonchev–Trinajstić information content (AvgIpc) is 3.26. The lowest BCUT2D eigenvalue weighted by Crippen LogP contribution is -2.35. The van der Waals surface area contributed by atoms with Crippen LogP contribution in [0.4, 0.5) is 5.69 Å². The molecular formula is C20H20N2O4. The standard InChI is InChI=1S/C20H20N2O4/c23-18(24)11-26-19-15-5-2-1-4-13(15)14-8-7-12(10-16(14)19)22-20(25)17-6-3-9-21-17/h1-2,4-5,7-8,10,17,19,21H,3,6,9,11H2,(H,22,25)(H,23,24)/t17-,19?/m1/s1. The summed E-state index contributed by atoms with van der Waals surface area (Å²) in [5.74, 6) is -1.05. The van der Waals surface area contributed by atoms with Gasteiger partial charge in [0, 0.05) is 5.69 Å². The molecule has 2 aliphatic rings. The van der Waals surface area contributed by atoms with Gasteiger partial charge in [-0.2, -0.15) is 0 Å². The highest BCUT2D eigenvalue weighted by Gasteiger charge is 2.30. The maximum absolute atomic E-state index is 12.3. The molecule has 1 aliphatic heterocycles. The Morgan fingerprint density at radius 3 is 2.73 bits per heavy atom. The molecule has 134 valence electrons. The summed E-state index contributed by atoms with van der Waals surface area (Å²) in [6, 6.07) is 13.4. The predicted molar refractivity (Wildman–Crippen MR) is 97.0 cm³/mol. The number of fused-ring (bicyclic) bond motifs is 3. The second-order valence-corrected chi connectivity index (χ2v) is 6.61. The topological polar surface area (TPSA) is 87.7 Å². The lowest BCUT2D eigenvalue weighted by atomic mass is 10.1. The fourth-order valence-corrected chi connectivity index (χ4v) is 3.71. The summed E-state index contributed by atoms with van der Waals surface area (Å²) in [5.41, 5.74) is 4.56. The van der Waals surface area contributed by atoms with E-state index in [1.54, 1.807) is 0 Å². The fraction of sp³-hybridized carbons (Fsp3) is 0.300. The summed E-state index contributed by atoms with van der Waals surface area (Å²) < 4.78 is 5.65. The number of carboxylic acid groups (broad SMARTS) is 1. The molecule has 0 spiro atoms. The third kappa shape index (κ3) is 3.09. The Labute approximate surface area is 151 Å². The molecule has 0 saturated carbocycles. The Morgan fingerprint density at radius 1 is 1.15 bits per heavy atom. The first kappa shape index (κ1) is 16.8. The highest BCUT2D eigenvalue weighted by Crippen LogP contribution is 2.46. The highest BCUT2D eigenvalue weighted by atomic mass is 16.5. The van der Waals surface area contributed by atoms with E-state index in [4.69, 9.17) is 9.84 Å². The van der Waals surface area contributed by atoms with Gasteiger partial charge in [0.1, 0.15) is 12.7 Å². The van der Waals surface area contributed by atoms with Crippen LogP contribution in [-0.2, 0) is 14.3 Å². The van der Waals surface area contributed by atoms with E-state index < -0.39 is 12.1 Å². The van der Waals surface area contributed by atoms with Gasteiger partial charge in [0.25, 0.3) is 0 Å². The van der Waals surface area contributed by atoms with Crippen LogP contribution in [0.15, 0.2) is 42.5 Å². The van der Waals surface area contributed by atoms with Crippen molar-refractivity contribution in [3.8, 4) is 11.1 Å². The van der Waals surface area contributed by atoms with E-state index in [1.807, 2.05) is 42.5 Å². The number of hydrogen-bond acceptors (Lipinski definition) is 4. The van der Waals surface area contributed by atoms with Crippen LogP contribution in [0, 0.1) is 0 Å². The third-order valence-corrected chi connectivity index (χ3v) is 4.89. The number of carboxylic acids is 1. The van der Waals surface area contributed by atoms with Crippen molar-refractivity contribution in [2.45, 2.75) is 25.0 Å². The van der Waals surface area contributed by atoms with Crippen molar-refractivity contribution in [1.82, 2.24) is 5.32 Å². The Morgan fingerprint density at radius 2 is 1.96 bits per heavy atom. The molecule has 1 amide bonds. The minimum atomic E-state index is -1.01. The van der Waals surface area contributed by atoms with E-state index in [-0.39, 0.29) is 18.6 Å². The average molecular weight is 352 g/mol. The fourth-order valence-electron chi connectivity index (χ4n) is 3.71. The van der Waals surface area contributed by atoms with Gasteiger partial charge >= 0.3 is 5.97 Å². The monoisotopic (exact) mass is 352 g/mol. The van der Waals surface area contributed by atoms with Crippen molar-refractivity contribution >= 4 is 17.6 Å². The van der Waals surface area contributed by atoms with Crippen LogP contribution in [0.5, 0.6) is 0 Å². The van der Waals surface area contributed by atoms with Gasteiger partial charge in [-0.1, -0.05) is 30.3 Å². The van der Waals surface area contributed by atoms with Crippen LogP contribution in [0.3, 0.4) is 0 Å². The van der Waals surface area contributed by atoms with E-state index in [0.717, 1.165) is 41.6 Å². The van der Waals surface area contributed by atoms with E-state index in [0.29, 0.717) is 5.69 Å². The maximum Gasteiger partial charge on any atom is 0.329 e. The predicted octanol–water partition coefficient (Wildman–Crippen LogP) is 2.55. The molecule has 2 atom stereocenters. The number of hydrogen-bond donors (Lipinski definition) is 3. The van der Waals surface area contributed by atoms with Crippen LogP contribution < -0.4 is 10.6 Å². The summed E-state index contributed by atoms with van der Waals surface area (Å²) in [6.07, 6.45) is 1.40. The second-order valence-electron chi connectivity index (χ2n) is 6.61. The van der Waals surface area contributed by atoms with Crippen molar-refractivity contribution in [3.05, 3.63) is 53.6 Å². The number of nitrogens with one attached hydrogen (secondary N) is 2. The number of carbonyl (C=O) groups excluding carboxylic acids is 1. The minimum Gasteiger partial charge on any atom is -0.480 e. The van der Waals surface area contributed by atoms with Crippen LogP contribution in [0.1, 0.15) is 30.1 Å². The molecule has 6 nitrogen and oxygen atoms in total. The lowest BCUT2D eigenvalue weighted by Gasteiger charge is -2.15. The summed E-state index contributed by atoms with van der Waals surface area (Å²) in [5, 5.41) is 15.1. The molecule has 2 aromatic carbocycles. The Hall–Kier alpha value is -2.70. The number of ether oxygens (including phenoxy) is 1. The highest BCUT2D eigenvalue weighted by molar-refractivity contribution is 5.95. The third-order valence-electron chi connectivity index (χ3n) is 4.89. The van der Waals surface area contributed by atoms with E-state index >= 15 is 0 Å². The Bertz CT molecular complexity index is 859. The van der Waals surface area contributed by atoms with Crippen molar-refractivity contribution in [2.75, 3.05) is 18.5 Å². The molecule has 26 heavy (non-hydrogen) atoms. The number of amides is 1. The molecule has 0 radical (unpaired) electrons. The van der Waals surface area contributed by atoms with Crippen LogP contribution in [0.2, 0.25) is 0 Å². The molecule has 1 fully saturated rings. The van der Waals surface area contributed by atoms with Crippen molar-refractivity contribution in [2.24, 2.45) is 0 Å². The van der Waals surface area contributed by atoms with Crippen LogP contribution in [-0.4, -0.2) is 36.2 Å². The number of rotatable bonds is 5. The first-order valence-corrected chi connectivity index (χ1v) is 8.74. The molecule has 1 saturated heterocycles. The molecule has 1 unspecified atom stereocenters. The molecular weight excluding hydrogens is 332 g/mol. The van der Waals surface area contributed by atoms with Crippen molar-refractivity contribution < 1.29 is 19.4 Å². The van der Waals surface area contributed by atoms with Gasteiger partial charge < -0.3 is 20.5 Å². The van der Waals surface area contributed by atoms with Gasteiger partial charge in [0.05, 0.1) is 6.04 Å². The molecule has 1 aliphatic carbocycles. The zero-order chi connectivity index (χ0) is 18.1. The number of aliphatic carboxylic acids is 1. The molecule has 0 bridgehead atoms. The molecule has 4 rings (SSSR count). The van der Waals surface area contributed by atoms with Crippen LogP contribution >= 0.6 is 0 Å². The van der Waals surface area contributed by atoms with Crippen LogP contribution in [0.25, 0.3) is 11.1 Å². The van der Waals surface area contributed by atoms with Crippen molar-refractivity contribution in [3.63, 3.8) is 0 Å². The number of carbonyl (C=O) groups is 2. The number of benzene rings is 2. The second kappa shape index (κ2) is 6.90. The molecule has 3 N–H and O–H groups in total. The molecule has 1 heterocycles. The minimum absolute atomic E-state index is 0.0408. The summed E-state index contributed by atoms with van der Waals surface area (Å²) >= 11 is 0. The quantitative estimate of drug-likeness (QED) is 0.770. The summed E-state index contributed by atoms with van der Waals surface area (Å²) in [6.45, 7) is 0.490. The summed E-state index contributed by atoms with van der Waals surface area (Å²) in [4.78, 5) is 23.3. The van der Waals surface area contributed by atoms with Crippen molar-refractivity contribution in [1.29, 1.82) is 0 Å². The first-order chi connectivity index (χ1) is 12.6. The summed E-state index contributed by atoms with van der Waals surface area (Å²) in [7, 11) is 0. The van der Waals surface area contributed by atoms with Gasteiger partial charge in [-0.05, 0) is 53.8 Å². The molecule has 2 aromatic rings. The lowest BCUT2D eigenvalue weighted by molar-refractivity contribution is -0.143. The van der Waals surface area contributed by atoms with Gasteiger partial charge in [0.2, 0.25) is 5.91 Å². The maximum atomic E-state index is 12.3. The van der Waals surface area contributed by atoms with Gasteiger partial charge in [-0.3, -0.25) is 4.79 Å². The zero-order valence-electron chi connectivity index (χ0n) is 14.2. The van der Waals surface area contributed by atoms with E-state index in [2.05, 4.69) is 10.6 Å². The molecule has 0 aromatic heterocycles. The Kier molecular flexibility index (Phi) is 4.44. The molecule has 6 heteroatoms. The van der Waals surface area contributed by atoms with Gasteiger partial charge in [0.15, 0.2) is 0 Å². The van der Waals surface area contributed by atoms with E-state index in [1.165, 1.54) is 0 Å². The first-order valence-electron chi connectivity index (χ1n) is 8.74. The SMILES string of the molecule is O=C(O)COC1c2ccccc2-c2ccc(NC(=O)[C@H]3CCCN3)cc21. The number of anilines is 1.